The van der Waals surface area contributed by atoms with E-state index in [0.29, 0.717) is 22.8 Å². The lowest BCUT2D eigenvalue weighted by Crippen LogP contribution is -2.13. The van der Waals surface area contributed by atoms with Gasteiger partial charge in [0.25, 0.3) is 0 Å². The van der Waals surface area contributed by atoms with Gasteiger partial charge in [-0.1, -0.05) is 29.3 Å². The maximum absolute atomic E-state index is 13.8. The first-order valence-electron chi connectivity index (χ1n) is 6.72. The van der Waals surface area contributed by atoms with Crippen molar-refractivity contribution in [2.24, 2.45) is 5.73 Å². The number of fused-ring (bicyclic) bond motifs is 1. The van der Waals surface area contributed by atoms with E-state index in [1.807, 2.05) is 31.2 Å². The predicted molar refractivity (Wildman–Crippen MR) is 83.0 cm³/mol. The first-order chi connectivity index (χ1) is 10.0. The minimum Gasteiger partial charge on any atom is -0.459 e. The number of benzene rings is 2. The Morgan fingerprint density at radius 2 is 2.00 bits per heavy atom. The third-order valence-electron chi connectivity index (χ3n) is 3.51. The maximum atomic E-state index is 13.8. The van der Waals surface area contributed by atoms with E-state index in [-0.39, 0.29) is 5.82 Å². The first kappa shape index (κ1) is 14.1. The number of halogens is 2. The normalized spacial score (nSPS) is 12.8. The molecule has 0 radical (unpaired) electrons. The highest BCUT2D eigenvalue weighted by molar-refractivity contribution is 6.30. The van der Waals surface area contributed by atoms with Crippen molar-refractivity contribution in [1.29, 1.82) is 0 Å². The summed E-state index contributed by atoms with van der Waals surface area (Å²) in [7, 11) is 0. The summed E-state index contributed by atoms with van der Waals surface area (Å²) in [5.41, 5.74) is 8.63. The molecule has 108 valence electrons. The third kappa shape index (κ3) is 2.94. The number of aryl methyl sites for hydroxylation is 1. The quantitative estimate of drug-likeness (QED) is 0.756. The Morgan fingerprint density at radius 3 is 2.76 bits per heavy atom. The predicted octanol–water partition coefficient (Wildman–Crippen LogP) is 4.78. The molecule has 2 aromatic carbocycles. The zero-order valence-electron chi connectivity index (χ0n) is 11.6. The molecule has 1 atom stereocenters. The molecule has 1 aromatic heterocycles. The molecular formula is C17H15ClFNO. The van der Waals surface area contributed by atoms with Gasteiger partial charge in [-0.25, -0.2) is 4.39 Å². The van der Waals surface area contributed by atoms with Crippen LogP contribution in [0, 0.1) is 12.7 Å². The van der Waals surface area contributed by atoms with Crippen molar-refractivity contribution in [3.05, 3.63) is 70.2 Å². The van der Waals surface area contributed by atoms with Crippen molar-refractivity contribution in [2.45, 2.75) is 19.4 Å². The zero-order valence-corrected chi connectivity index (χ0v) is 12.3. The van der Waals surface area contributed by atoms with Crippen LogP contribution in [-0.2, 0) is 6.42 Å². The Bertz CT molecular complexity index is 797. The summed E-state index contributed by atoms with van der Waals surface area (Å²) in [6.45, 7) is 2.02. The molecule has 0 aliphatic carbocycles. The highest BCUT2D eigenvalue weighted by atomic mass is 35.5. The topological polar surface area (TPSA) is 39.2 Å². The minimum absolute atomic E-state index is 0.343. The highest BCUT2D eigenvalue weighted by Crippen LogP contribution is 2.26. The Labute approximate surface area is 127 Å². The second-order valence-electron chi connectivity index (χ2n) is 5.24. The Kier molecular flexibility index (Phi) is 3.70. The molecule has 0 amide bonds. The Hall–Kier alpha value is -1.84. The van der Waals surface area contributed by atoms with Gasteiger partial charge in [0.2, 0.25) is 0 Å². The van der Waals surface area contributed by atoms with Gasteiger partial charge >= 0.3 is 0 Å². The summed E-state index contributed by atoms with van der Waals surface area (Å²) in [6.07, 6.45) is 0.363. The highest BCUT2D eigenvalue weighted by Gasteiger charge is 2.15. The molecule has 2 N–H and O–H groups in total. The van der Waals surface area contributed by atoms with Crippen LogP contribution in [-0.4, -0.2) is 0 Å². The van der Waals surface area contributed by atoms with Crippen LogP contribution in [0.2, 0.25) is 5.02 Å². The molecule has 0 aliphatic rings. The molecular weight excluding hydrogens is 289 g/mol. The van der Waals surface area contributed by atoms with Crippen LogP contribution < -0.4 is 5.73 Å². The molecule has 1 heterocycles. The van der Waals surface area contributed by atoms with Crippen molar-refractivity contribution in [1.82, 2.24) is 0 Å². The standard InChI is InChI=1S/C17H15ClFNO/c1-10-2-5-16-12(6-10)8-17(21-16)15(20)7-11-3-4-13(18)9-14(11)19/h2-6,8-9,15H,7,20H2,1H3. The lowest BCUT2D eigenvalue weighted by molar-refractivity contribution is 0.487. The van der Waals surface area contributed by atoms with Gasteiger partial charge in [-0.15, -0.1) is 0 Å². The fourth-order valence-electron chi connectivity index (χ4n) is 2.39. The molecule has 0 saturated carbocycles. The van der Waals surface area contributed by atoms with Gasteiger partial charge in [-0.05, 0) is 49.2 Å². The van der Waals surface area contributed by atoms with E-state index in [9.17, 15) is 4.39 Å². The van der Waals surface area contributed by atoms with E-state index in [1.165, 1.54) is 6.07 Å². The molecule has 0 fully saturated rings. The number of hydrogen-bond acceptors (Lipinski definition) is 2. The molecule has 3 rings (SSSR count). The smallest absolute Gasteiger partial charge is 0.134 e. The molecule has 1 unspecified atom stereocenters. The van der Waals surface area contributed by atoms with Gasteiger partial charge in [0.05, 0.1) is 6.04 Å². The van der Waals surface area contributed by atoms with Gasteiger partial charge in [0, 0.05) is 10.4 Å². The van der Waals surface area contributed by atoms with Crippen LogP contribution in [0.5, 0.6) is 0 Å². The Balaban J connectivity index is 1.87. The molecule has 3 aromatic rings. The average Bonchev–Trinajstić information content (AvgIpc) is 2.85. The van der Waals surface area contributed by atoms with E-state index >= 15 is 0 Å². The fourth-order valence-corrected chi connectivity index (χ4v) is 2.55. The van der Waals surface area contributed by atoms with Crippen LogP contribution >= 0.6 is 11.6 Å². The van der Waals surface area contributed by atoms with E-state index in [4.69, 9.17) is 21.8 Å². The summed E-state index contributed by atoms with van der Waals surface area (Å²) < 4.78 is 19.6. The first-order valence-corrected chi connectivity index (χ1v) is 7.10. The average molecular weight is 304 g/mol. The van der Waals surface area contributed by atoms with Crippen LogP contribution in [0.25, 0.3) is 11.0 Å². The fraction of sp³-hybridized carbons (Fsp3) is 0.176. The zero-order chi connectivity index (χ0) is 15.0. The lowest BCUT2D eigenvalue weighted by atomic mass is 10.0. The number of nitrogens with two attached hydrogens (primary N) is 1. The van der Waals surface area contributed by atoms with Crippen LogP contribution in [0.4, 0.5) is 4.39 Å². The summed E-state index contributed by atoms with van der Waals surface area (Å²) in [6, 6.07) is 12.1. The van der Waals surface area contributed by atoms with Crippen molar-refractivity contribution >= 4 is 22.6 Å². The number of rotatable bonds is 3. The second-order valence-corrected chi connectivity index (χ2v) is 5.67. The maximum Gasteiger partial charge on any atom is 0.134 e. The van der Waals surface area contributed by atoms with Gasteiger partial charge in [0.1, 0.15) is 17.2 Å². The lowest BCUT2D eigenvalue weighted by Gasteiger charge is -2.09. The van der Waals surface area contributed by atoms with Crippen molar-refractivity contribution < 1.29 is 8.81 Å². The summed E-state index contributed by atoms with van der Waals surface area (Å²) in [4.78, 5) is 0. The van der Waals surface area contributed by atoms with Crippen molar-refractivity contribution in [3.8, 4) is 0 Å². The third-order valence-corrected chi connectivity index (χ3v) is 3.75. The number of hydrogen-bond donors (Lipinski definition) is 1. The summed E-state index contributed by atoms with van der Waals surface area (Å²) in [5.74, 6) is 0.315. The van der Waals surface area contributed by atoms with Gasteiger partial charge in [-0.2, -0.15) is 0 Å². The summed E-state index contributed by atoms with van der Waals surface area (Å²) >= 11 is 5.75. The monoisotopic (exact) mass is 303 g/mol. The molecule has 4 heteroatoms. The van der Waals surface area contributed by atoms with Crippen LogP contribution in [0.15, 0.2) is 46.9 Å². The molecule has 21 heavy (non-hydrogen) atoms. The number of furan rings is 1. The van der Waals surface area contributed by atoms with Gasteiger partial charge < -0.3 is 10.2 Å². The second kappa shape index (κ2) is 5.51. The van der Waals surface area contributed by atoms with Gasteiger partial charge in [0.15, 0.2) is 0 Å². The van der Waals surface area contributed by atoms with Crippen molar-refractivity contribution in [3.63, 3.8) is 0 Å². The molecule has 0 aliphatic heterocycles. The van der Waals surface area contributed by atoms with E-state index in [2.05, 4.69) is 0 Å². The van der Waals surface area contributed by atoms with E-state index in [0.717, 1.165) is 16.5 Å². The van der Waals surface area contributed by atoms with E-state index in [1.54, 1.807) is 12.1 Å². The van der Waals surface area contributed by atoms with Crippen molar-refractivity contribution in [2.75, 3.05) is 0 Å². The SMILES string of the molecule is Cc1ccc2oc(C(N)Cc3ccc(Cl)cc3F)cc2c1. The molecule has 0 spiro atoms. The van der Waals surface area contributed by atoms with E-state index < -0.39 is 6.04 Å². The molecule has 2 nitrogen and oxygen atoms in total. The van der Waals surface area contributed by atoms with Gasteiger partial charge in [-0.3, -0.25) is 0 Å². The Morgan fingerprint density at radius 1 is 1.19 bits per heavy atom. The van der Waals surface area contributed by atoms with Crippen LogP contribution in [0.3, 0.4) is 0 Å². The molecule has 0 saturated heterocycles. The largest absolute Gasteiger partial charge is 0.459 e. The molecule has 0 bridgehead atoms. The minimum atomic E-state index is -0.395. The van der Waals surface area contributed by atoms with Crippen LogP contribution in [0.1, 0.15) is 22.9 Å². The summed E-state index contributed by atoms with van der Waals surface area (Å²) in [5, 5.41) is 1.39.